The number of nitrogens with one attached hydrogen (secondary N) is 1. The second-order valence-corrected chi connectivity index (χ2v) is 7.76. The van der Waals surface area contributed by atoms with Gasteiger partial charge >= 0.3 is 6.18 Å². The number of nitrogens with two attached hydrogens (primary N) is 1. The summed E-state index contributed by atoms with van der Waals surface area (Å²) in [6.45, 7) is 3.97. The summed E-state index contributed by atoms with van der Waals surface area (Å²) < 4.78 is 52.8. The van der Waals surface area contributed by atoms with Gasteiger partial charge in [0.05, 0.1) is 12.8 Å². The summed E-state index contributed by atoms with van der Waals surface area (Å²) in [6, 6.07) is 4.14. The van der Waals surface area contributed by atoms with Gasteiger partial charge in [-0.1, -0.05) is 6.92 Å². The summed E-state index contributed by atoms with van der Waals surface area (Å²) in [5.74, 6) is -3.46. The first-order valence-electron chi connectivity index (χ1n) is 9.71. The van der Waals surface area contributed by atoms with E-state index in [4.69, 9.17) is 15.2 Å². The van der Waals surface area contributed by atoms with E-state index in [2.05, 4.69) is 15.3 Å². The number of nitrogens with zero attached hydrogens (tertiary/aromatic N) is 2. The molecule has 3 heterocycles. The maximum absolute atomic E-state index is 14.0. The maximum Gasteiger partial charge on any atom is 0.417 e. The number of hydrogen-bond acceptors (Lipinski definition) is 6. The topological polar surface area (TPSA) is 116 Å². The number of carbonyl (C=O) groups excluding carboxylic acids is 2. The third kappa shape index (κ3) is 3.99. The Morgan fingerprint density at radius 2 is 1.91 bits per heavy atom. The summed E-state index contributed by atoms with van der Waals surface area (Å²) >= 11 is 0. The average molecular weight is 452 g/mol. The van der Waals surface area contributed by atoms with Crippen LogP contribution in [0.2, 0.25) is 0 Å². The molecule has 0 radical (unpaired) electrons. The molecule has 1 fully saturated rings. The van der Waals surface area contributed by atoms with Crippen LogP contribution in [0.1, 0.15) is 41.5 Å². The Hall–Kier alpha value is -3.21. The van der Waals surface area contributed by atoms with Crippen LogP contribution in [0.5, 0.6) is 5.75 Å². The smallest absolute Gasteiger partial charge is 0.417 e. The second kappa shape index (κ2) is 8.38. The van der Waals surface area contributed by atoms with Crippen molar-refractivity contribution in [2.45, 2.75) is 44.6 Å². The van der Waals surface area contributed by atoms with Crippen molar-refractivity contribution in [2.75, 3.05) is 12.4 Å². The highest BCUT2D eigenvalue weighted by Crippen LogP contribution is 2.54. The van der Waals surface area contributed by atoms with Gasteiger partial charge in [-0.05, 0) is 32.0 Å². The fourth-order valence-electron chi connectivity index (χ4n) is 3.98. The highest BCUT2D eigenvalue weighted by Gasteiger charge is 2.65. The van der Waals surface area contributed by atoms with E-state index in [0.717, 1.165) is 6.92 Å². The molecule has 1 aliphatic heterocycles. The highest BCUT2D eigenvalue weighted by atomic mass is 19.4. The number of rotatable bonds is 5. The van der Waals surface area contributed by atoms with Gasteiger partial charge in [0, 0.05) is 35.5 Å². The molecule has 0 bridgehead atoms. The van der Waals surface area contributed by atoms with Gasteiger partial charge in [0.1, 0.15) is 17.5 Å². The molecule has 0 spiro atoms. The number of aryl methyl sites for hydroxylation is 1. The number of methoxy groups -OCH3 is 1. The molecule has 11 heteroatoms. The zero-order valence-electron chi connectivity index (χ0n) is 17.9. The molecule has 2 aromatic rings. The van der Waals surface area contributed by atoms with E-state index in [1.807, 2.05) is 0 Å². The quantitative estimate of drug-likeness (QED) is 0.721. The van der Waals surface area contributed by atoms with E-state index >= 15 is 0 Å². The molecule has 172 valence electrons. The minimum Gasteiger partial charge on any atom is -0.495 e. The molecule has 0 unspecified atom stereocenters. The van der Waals surface area contributed by atoms with Crippen molar-refractivity contribution in [1.29, 1.82) is 0 Å². The third-order valence-corrected chi connectivity index (χ3v) is 5.88. The molecule has 1 aliphatic rings. The minimum atomic E-state index is -4.73. The van der Waals surface area contributed by atoms with Gasteiger partial charge in [-0.25, -0.2) is 0 Å². The standard InChI is InChI=1S/C21H23F3N4O4/c1-10-15(13-6-8-26-11(2)16(13)31-4)17(32-20(10,3)21(22,23)24)19(30)28-12-5-7-27-14(9-12)18(25)29/h5-10,15,17H,1-4H3,(H2,25,29)(H,27,28,30)/t10-,15-,17-,20+/m1/s1. The monoisotopic (exact) mass is 452 g/mol. The normalized spacial score (nSPS) is 25.4. The van der Waals surface area contributed by atoms with Crippen LogP contribution >= 0.6 is 0 Å². The average Bonchev–Trinajstić information content (AvgIpc) is 3.00. The molecule has 3 rings (SSSR count). The van der Waals surface area contributed by atoms with Gasteiger partial charge in [-0.3, -0.25) is 19.6 Å². The van der Waals surface area contributed by atoms with Gasteiger partial charge in [-0.15, -0.1) is 0 Å². The minimum absolute atomic E-state index is 0.105. The number of halogens is 3. The highest BCUT2D eigenvalue weighted by molar-refractivity contribution is 5.97. The van der Waals surface area contributed by atoms with E-state index < -0.39 is 41.5 Å². The SMILES string of the molecule is COc1c([C@H]2[C@@H](C)[C@@](C)(C(F)(F)F)O[C@H]2C(=O)Nc2ccnc(C(N)=O)c2)ccnc1C. The number of pyridine rings is 2. The van der Waals surface area contributed by atoms with Crippen LogP contribution in [0.25, 0.3) is 0 Å². The Kier molecular flexibility index (Phi) is 6.14. The Bertz CT molecular complexity index is 1050. The predicted molar refractivity (Wildman–Crippen MR) is 108 cm³/mol. The number of anilines is 1. The number of hydrogen-bond donors (Lipinski definition) is 2. The van der Waals surface area contributed by atoms with Crippen molar-refractivity contribution in [3.8, 4) is 5.75 Å². The van der Waals surface area contributed by atoms with Crippen molar-refractivity contribution in [3.63, 3.8) is 0 Å². The fourth-order valence-corrected chi connectivity index (χ4v) is 3.98. The first-order valence-corrected chi connectivity index (χ1v) is 9.71. The molecular weight excluding hydrogens is 429 g/mol. The summed E-state index contributed by atoms with van der Waals surface area (Å²) in [4.78, 5) is 32.4. The van der Waals surface area contributed by atoms with Crippen LogP contribution < -0.4 is 15.8 Å². The Morgan fingerprint density at radius 3 is 2.50 bits per heavy atom. The third-order valence-electron chi connectivity index (χ3n) is 5.88. The lowest BCUT2D eigenvalue weighted by Crippen LogP contribution is -2.47. The zero-order valence-corrected chi connectivity index (χ0v) is 17.9. The number of alkyl halides is 3. The summed E-state index contributed by atoms with van der Waals surface area (Å²) in [6.07, 6.45) is -3.54. The van der Waals surface area contributed by atoms with Gasteiger partial charge < -0.3 is 20.5 Å². The van der Waals surface area contributed by atoms with Crippen LogP contribution in [0.15, 0.2) is 30.6 Å². The number of amides is 2. The lowest BCUT2D eigenvalue weighted by Gasteiger charge is -2.32. The predicted octanol–water partition coefficient (Wildman–Crippen LogP) is 2.97. The Balaban J connectivity index is 2.05. The Labute approximate surface area is 182 Å². The molecular formula is C21H23F3N4O4. The van der Waals surface area contributed by atoms with Crippen molar-refractivity contribution in [3.05, 3.63) is 47.5 Å². The lowest BCUT2D eigenvalue weighted by molar-refractivity contribution is -0.272. The van der Waals surface area contributed by atoms with Crippen LogP contribution in [-0.2, 0) is 9.53 Å². The van der Waals surface area contributed by atoms with Crippen molar-refractivity contribution in [2.24, 2.45) is 11.7 Å². The van der Waals surface area contributed by atoms with Crippen LogP contribution in [0, 0.1) is 12.8 Å². The second-order valence-electron chi connectivity index (χ2n) is 7.76. The number of carbonyl (C=O) groups is 2. The van der Waals surface area contributed by atoms with E-state index in [1.54, 1.807) is 6.92 Å². The molecule has 2 aromatic heterocycles. The number of primary amides is 1. The summed E-state index contributed by atoms with van der Waals surface area (Å²) in [5, 5.41) is 2.51. The first-order chi connectivity index (χ1) is 14.9. The molecule has 3 N–H and O–H groups in total. The fraction of sp³-hybridized carbons (Fsp3) is 0.429. The molecule has 32 heavy (non-hydrogen) atoms. The largest absolute Gasteiger partial charge is 0.495 e. The first kappa shape index (κ1) is 23.5. The van der Waals surface area contributed by atoms with Gasteiger partial charge in [0.25, 0.3) is 11.8 Å². The molecule has 2 amide bonds. The maximum atomic E-state index is 14.0. The van der Waals surface area contributed by atoms with Crippen LogP contribution in [-0.4, -0.2) is 46.8 Å². The van der Waals surface area contributed by atoms with Gasteiger partial charge in [0.2, 0.25) is 0 Å². The van der Waals surface area contributed by atoms with E-state index in [9.17, 15) is 22.8 Å². The molecule has 0 saturated carbocycles. The molecule has 8 nitrogen and oxygen atoms in total. The molecule has 0 aliphatic carbocycles. The number of ether oxygens (including phenoxy) is 2. The van der Waals surface area contributed by atoms with Crippen molar-refractivity contribution in [1.82, 2.24) is 9.97 Å². The lowest BCUT2D eigenvalue weighted by atomic mass is 9.77. The van der Waals surface area contributed by atoms with Crippen LogP contribution in [0.4, 0.5) is 18.9 Å². The number of aromatic nitrogens is 2. The van der Waals surface area contributed by atoms with E-state index in [1.165, 1.54) is 44.6 Å². The summed E-state index contributed by atoms with van der Waals surface area (Å²) in [7, 11) is 1.38. The Morgan fingerprint density at radius 1 is 1.25 bits per heavy atom. The summed E-state index contributed by atoms with van der Waals surface area (Å²) in [5.41, 5.74) is 3.51. The van der Waals surface area contributed by atoms with Crippen molar-refractivity contribution < 1.29 is 32.2 Å². The molecule has 0 aromatic carbocycles. The van der Waals surface area contributed by atoms with Gasteiger partial charge in [-0.2, -0.15) is 13.2 Å². The zero-order chi connectivity index (χ0) is 23.8. The van der Waals surface area contributed by atoms with Crippen molar-refractivity contribution >= 4 is 17.5 Å². The van der Waals surface area contributed by atoms with E-state index in [0.29, 0.717) is 11.3 Å². The molecule has 1 saturated heterocycles. The van der Waals surface area contributed by atoms with Crippen LogP contribution in [0.3, 0.4) is 0 Å². The van der Waals surface area contributed by atoms with E-state index in [-0.39, 0.29) is 17.1 Å². The molecule has 4 atom stereocenters. The van der Waals surface area contributed by atoms with Gasteiger partial charge in [0.15, 0.2) is 5.60 Å².